The van der Waals surface area contributed by atoms with Crippen LogP contribution in [-0.4, -0.2) is 48.0 Å². The molecule has 136 valence electrons. The third-order valence-corrected chi connectivity index (χ3v) is 4.68. The molecule has 7 nitrogen and oxygen atoms in total. The lowest BCUT2D eigenvalue weighted by atomic mass is 9.98. The number of carbonyl (C=O) groups excluding carboxylic acids is 2. The van der Waals surface area contributed by atoms with E-state index in [0.717, 1.165) is 5.56 Å². The molecule has 2 saturated heterocycles. The van der Waals surface area contributed by atoms with Gasteiger partial charge in [-0.05, 0) is 0 Å². The van der Waals surface area contributed by atoms with Crippen LogP contribution >= 0.6 is 15.9 Å². The van der Waals surface area contributed by atoms with Gasteiger partial charge in [-0.15, -0.1) is 0 Å². The van der Waals surface area contributed by atoms with E-state index in [2.05, 4.69) is 15.9 Å². The van der Waals surface area contributed by atoms with Gasteiger partial charge < -0.3 is 23.7 Å². The first-order valence-corrected chi connectivity index (χ1v) is 8.83. The minimum atomic E-state index is -0.822. The second-order valence-corrected chi connectivity index (χ2v) is 6.75. The number of hydrogen-bond donors (Lipinski definition) is 0. The minimum absolute atomic E-state index is 0.261. The first-order chi connectivity index (χ1) is 12.0. The van der Waals surface area contributed by atoms with Gasteiger partial charge in [-0.25, -0.2) is 0 Å². The summed E-state index contributed by atoms with van der Waals surface area (Å²) in [6.07, 6.45) is -3.33. The molecule has 0 radical (unpaired) electrons. The van der Waals surface area contributed by atoms with Crippen LogP contribution in [0.1, 0.15) is 25.7 Å². The van der Waals surface area contributed by atoms with Gasteiger partial charge in [0, 0.05) is 19.4 Å². The normalized spacial score (nSPS) is 34.7. The van der Waals surface area contributed by atoms with Crippen LogP contribution in [0.3, 0.4) is 0 Å². The highest BCUT2D eigenvalue weighted by Gasteiger charge is 2.52. The molecule has 1 aromatic carbocycles. The summed E-state index contributed by atoms with van der Waals surface area (Å²) < 4.78 is 28.3. The standard InChI is InChI=1S/C17H19BrO7/c1-9(19)22-14-13-12(24-16(18)15(14)23-10(2)20)8-21-17(25-13)11-6-4-3-5-7-11/h3-7,12-17H,8H2,1-2H3/t12-,13-,14+,15-,16+,17-/m1/s1. The molecule has 25 heavy (non-hydrogen) atoms. The van der Waals surface area contributed by atoms with E-state index >= 15 is 0 Å². The molecule has 1 aromatic rings. The summed E-state index contributed by atoms with van der Waals surface area (Å²) in [4.78, 5) is 23.0. The van der Waals surface area contributed by atoms with Crippen molar-refractivity contribution in [2.75, 3.05) is 6.61 Å². The number of rotatable bonds is 3. The molecule has 8 heteroatoms. The van der Waals surface area contributed by atoms with Crippen LogP contribution in [0.15, 0.2) is 30.3 Å². The number of hydrogen-bond acceptors (Lipinski definition) is 7. The van der Waals surface area contributed by atoms with Crippen LogP contribution in [0.5, 0.6) is 0 Å². The highest BCUT2D eigenvalue weighted by molar-refractivity contribution is 9.09. The molecular formula is C17H19BrO7. The zero-order valence-electron chi connectivity index (χ0n) is 13.8. The van der Waals surface area contributed by atoms with Crippen molar-refractivity contribution in [2.24, 2.45) is 0 Å². The maximum Gasteiger partial charge on any atom is 0.303 e. The van der Waals surface area contributed by atoms with Crippen molar-refractivity contribution in [3.8, 4) is 0 Å². The van der Waals surface area contributed by atoms with Crippen molar-refractivity contribution >= 4 is 27.9 Å². The van der Waals surface area contributed by atoms with Gasteiger partial charge in [0.15, 0.2) is 23.5 Å². The first kappa shape index (κ1) is 18.3. The molecule has 2 fully saturated rings. The SMILES string of the molecule is CC(=O)O[C@@H]1[C@@H](OC(C)=O)[C@@H](Br)O[C@@H]2CO[C@@H](c3ccccc3)O[C@@H]12. The van der Waals surface area contributed by atoms with Gasteiger partial charge in [0.2, 0.25) is 0 Å². The van der Waals surface area contributed by atoms with Crippen LogP contribution in [0.2, 0.25) is 0 Å². The Labute approximate surface area is 153 Å². The van der Waals surface area contributed by atoms with E-state index in [9.17, 15) is 9.59 Å². The molecule has 2 heterocycles. The zero-order valence-corrected chi connectivity index (χ0v) is 15.4. The molecule has 0 saturated carbocycles. The molecule has 0 unspecified atom stereocenters. The van der Waals surface area contributed by atoms with Gasteiger partial charge in [0.25, 0.3) is 0 Å². The number of esters is 2. The van der Waals surface area contributed by atoms with Crippen LogP contribution in [-0.2, 0) is 33.3 Å². The highest BCUT2D eigenvalue weighted by Crippen LogP contribution is 2.37. The largest absolute Gasteiger partial charge is 0.456 e. The number of carbonyl (C=O) groups is 2. The maximum atomic E-state index is 11.6. The quantitative estimate of drug-likeness (QED) is 0.553. The van der Waals surface area contributed by atoms with Crippen LogP contribution in [0.4, 0.5) is 0 Å². The van der Waals surface area contributed by atoms with E-state index in [-0.39, 0.29) is 6.61 Å². The van der Waals surface area contributed by atoms with Gasteiger partial charge in [-0.1, -0.05) is 46.3 Å². The highest BCUT2D eigenvalue weighted by atomic mass is 79.9. The topological polar surface area (TPSA) is 80.3 Å². The third kappa shape index (κ3) is 4.20. The van der Waals surface area contributed by atoms with Crippen molar-refractivity contribution in [1.82, 2.24) is 0 Å². The predicted octanol–water partition coefficient (Wildman–Crippen LogP) is 2.08. The average Bonchev–Trinajstić information content (AvgIpc) is 2.58. The molecule has 0 spiro atoms. The minimum Gasteiger partial charge on any atom is -0.456 e. The van der Waals surface area contributed by atoms with Gasteiger partial charge in [0.1, 0.15) is 12.2 Å². The van der Waals surface area contributed by atoms with E-state index in [1.54, 1.807) is 0 Å². The molecule has 3 rings (SSSR count). The first-order valence-electron chi connectivity index (χ1n) is 7.91. The summed E-state index contributed by atoms with van der Waals surface area (Å²) in [5, 5.41) is -0.637. The Bertz CT molecular complexity index is 623. The lowest BCUT2D eigenvalue weighted by Gasteiger charge is -2.47. The van der Waals surface area contributed by atoms with Gasteiger partial charge in [0.05, 0.1) is 6.61 Å². The van der Waals surface area contributed by atoms with E-state index in [0.29, 0.717) is 0 Å². The van der Waals surface area contributed by atoms with Crippen molar-refractivity contribution < 1.29 is 33.3 Å². The second kappa shape index (κ2) is 7.82. The van der Waals surface area contributed by atoms with Gasteiger partial charge in [-0.3, -0.25) is 9.59 Å². The molecule has 0 N–H and O–H groups in total. The number of fused-ring (bicyclic) bond motifs is 1. The summed E-state index contributed by atoms with van der Waals surface area (Å²) in [6.45, 7) is 2.84. The van der Waals surface area contributed by atoms with Crippen molar-refractivity contribution in [3.63, 3.8) is 0 Å². The summed E-state index contributed by atoms with van der Waals surface area (Å²) in [5.74, 6) is -0.992. The monoisotopic (exact) mass is 414 g/mol. The predicted molar refractivity (Wildman–Crippen MR) is 88.7 cm³/mol. The number of alkyl halides is 1. The van der Waals surface area contributed by atoms with Crippen molar-refractivity contribution in [2.45, 2.75) is 49.6 Å². The fourth-order valence-corrected chi connectivity index (χ4v) is 3.64. The average molecular weight is 415 g/mol. The van der Waals surface area contributed by atoms with E-state index in [1.807, 2.05) is 30.3 Å². The lowest BCUT2D eigenvalue weighted by Crippen LogP contribution is -2.62. The van der Waals surface area contributed by atoms with E-state index < -0.39 is 47.7 Å². The maximum absolute atomic E-state index is 11.6. The Kier molecular flexibility index (Phi) is 5.73. The summed E-state index contributed by atoms with van der Waals surface area (Å²) in [6, 6.07) is 9.42. The second-order valence-electron chi connectivity index (χ2n) is 5.85. The van der Waals surface area contributed by atoms with E-state index in [4.69, 9.17) is 23.7 Å². The number of benzene rings is 1. The Balaban J connectivity index is 1.84. The van der Waals surface area contributed by atoms with Gasteiger partial charge >= 0.3 is 11.9 Å². The number of halogens is 1. The summed E-state index contributed by atoms with van der Waals surface area (Å²) in [7, 11) is 0. The summed E-state index contributed by atoms with van der Waals surface area (Å²) in [5.41, 5.74) is 0.840. The lowest BCUT2D eigenvalue weighted by molar-refractivity contribution is -0.320. The van der Waals surface area contributed by atoms with Crippen LogP contribution < -0.4 is 0 Å². The van der Waals surface area contributed by atoms with E-state index in [1.165, 1.54) is 13.8 Å². The molecule has 2 aliphatic rings. The molecule has 0 aromatic heterocycles. The summed E-state index contributed by atoms with van der Waals surface area (Å²) >= 11 is 3.33. The van der Waals surface area contributed by atoms with Crippen molar-refractivity contribution in [3.05, 3.63) is 35.9 Å². The molecular weight excluding hydrogens is 396 g/mol. The molecule has 2 aliphatic heterocycles. The Morgan fingerprint density at radius 2 is 1.68 bits per heavy atom. The molecule has 0 aliphatic carbocycles. The molecule has 0 amide bonds. The van der Waals surface area contributed by atoms with Crippen LogP contribution in [0, 0.1) is 0 Å². The molecule has 6 atom stereocenters. The Hall–Kier alpha value is -1.48. The Morgan fingerprint density at radius 3 is 2.32 bits per heavy atom. The Morgan fingerprint density at radius 1 is 1.04 bits per heavy atom. The fourth-order valence-electron chi connectivity index (χ4n) is 2.96. The fraction of sp³-hybridized carbons (Fsp3) is 0.529. The third-order valence-electron chi connectivity index (χ3n) is 3.95. The van der Waals surface area contributed by atoms with Gasteiger partial charge in [-0.2, -0.15) is 0 Å². The van der Waals surface area contributed by atoms with Crippen molar-refractivity contribution in [1.29, 1.82) is 0 Å². The number of ether oxygens (including phenoxy) is 5. The van der Waals surface area contributed by atoms with Crippen LogP contribution in [0.25, 0.3) is 0 Å². The smallest absolute Gasteiger partial charge is 0.303 e. The zero-order chi connectivity index (χ0) is 18.0. The molecule has 0 bridgehead atoms.